The van der Waals surface area contributed by atoms with Gasteiger partial charge in [0.1, 0.15) is 5.82 Å². The zero-order valence-electron chi connectivity index (χ0n) is 7.88. The highest BCUT2D eigenvalue weighted by Gasteiger charge is 2.11. The van der Waals surface area contributed by atoms with Gasteiger partial charge in [-0.25, -0.2) is 9.50 Å². The Morgan fingerprint density at radius 3 is 3.14 bits per heavy atom. The highest BCUT2D eigenvalue weighted by Crippen LogP contribution is 2.16. The van der Waals surface area contributed by atoms with Crippen molar-refractivity contribution in [3.05, 3.63) is 29.7 Å². The molecule has 0 bridgehead atoms. The molecule has 2 rings (SSSR count). The second-order valence-corrected chi connectivity index (χ2v) is 3.14. The van der Waals surface area contributed by atoms with E-state index in [-0.39, 0.29) is 6.54 Å². The standard InChI is InChI=1S/C9H12N4O/c1-6-11-9-7(8(14)5-10)3-2-4-13(9)12-6/h2-4,8,14H,5,10H2,1H3. The zero-order valence-corrected chi connectivity index (χ0v) is 7.88. The summed E-state index contributed by atoms with van der Waals surface area (Å²) < 4.78 is 1.64. The van der Waals surface area contributed by atoms with Crippen molar-refractivity contribution in [2.45, 2.75) is 13.0 Å². The number of nitrogens with zero attached hydrogens (tertiary/aromatic N) is 3. The van der Waals surface area contributed by atoms with Gasteiger partial charge in [0.15, 0.2) is 5.65 Å². The monoisotopic (exact) mass is 192 g/mol. The maximum atomic E-state index is 9.63. The Bertz CT molecular complexity index is 451. The number of hydrogen-bond donors (Lipinski definition) is 2. The molecular formula is C9H12N4O. The lowest BCUT2D eigenvalue weighted by Gasteiger charge is -2.07. The SMILES string of the molecule is Cc1nc2c(C(O)CN)cccn2n1. The summed E-state index contributed by atoms with van der Waals surface area (Å²) in [5.41, 5.74) is 6.78. The minimum atomic E-state index is -0.678. The molecule has 0 radical (unpaired) electrons. The fraction of sp³-hybridized carbons (Fsp3) is 0.333. The molecule has 2 heterocycles. The van der Waals surface area contributed by atoms with Crippen molar-refractivity contribution in [3.8, 4) is 0 Å². The first-order valence-corrected chi connectivity index (χ1v) is 4.42. The molecule has 0 aliphatic rings. The number of pyridine rings is 1. The van der Waals surface area contributed by atoms with Gasteiger partial charge in [0.2, 0.25) is 0 Å². The summed E-state index contributed by atoms with van der Waals surface area (Å²) in [5, 5.41) is 13.8. The smallest absolute Gasteiger partial charge is 0.161 e. The van der Waals surface area contributed by atoms with Crippen LogP contribution in [-0.2, 0) is 0 Å². The third kappa shape index (κ3) is 1.36. The van der Waals surface area contributed by atoms with Crippen LogP contribution in [0.2, 0.25) is 0 Å². The first-order valence-electron chi connectivity index (χ1n) is 4.42. The van der Waals surface area contributed by atoms with Crippen molar-refractivity contribution in [2.75, 3.05) is 6.54 Å². The lowest BCUT2D eigenvalue weighted by molar-refractivity contribution is 0.187. The number of aromatic nitrogens is 3. The third-order valence-electron chi connectivity index (χ3n) is 2.08. The van der Waals surface area contributed by atoms with Crippen LogP contribution >= 0.6 is 0 Å². The van der Waals surface area contributed by atoms with Crippen LogP contribution in [0, 0.1) is 6.92 Å². The second kappa shape index (κ2) is 3.36. The van der Waals surface area contributed by atoms with E-state index < -0.39 is 6.10 Å². The Morgan fingerprint density at radius 1 is 1.64 bits per heavy atom. The largest absolute Gasteiger partial charge is 0.387 e. The average Bonchev–Trinajstić information content (AvgIpc) is 2.56. The van der Waals surface area contributed by atoms with Gasteiger partial charge in [-0.05, 0) is 13.0 Å². The highest BCUT2D eigenvalue weighted by atomic mass is 16.3. The van der Waals surface area contributed by atoms with Crippen LogP contribution in [0.15, 0.2) is 18.3 Å². The highest BCUT2D eigenvalue weighted by molar-refractivity contribution is 5.48. The predicted molar refractivity (Wildman–Crippen MR) is 51.7 cm³/mol. The summed E-state index contributed by atoms with van der Waals surface area (Å²) in [6, 6.07) is 3.62. The molecule has 0 amide bonds. The van der Waals surface area contributed by atoms with E-state index in [0.29, 0.717) is 11.5 Å². The average molecular weight is 192 g/mol. The number of aryl methyl sites for hydroxylation is 1. The minimum absolute atomic E-state index is 0.186. The Balaban J connectivity index is 2.64. The Kier molecular flexibility index (Phi) is 2.18. The molecule has 0 saturated heterocycles. The molecule has 0 saturated carbocycles. The topological polar surface area (TPSA) is 76.4 Å². The molecule has 2 aromatic rings. The summed E-state index contributed by atoms with van der Waals surface area (Å²) in [4.78, 5) is 4.22. The molecule has 0 fully saturated rings. The normalized spacial score (nSPS) is 13.4. The van der Waals surface area contributed by atoms with Crippen molar-refractivity contribution < 1.29 is 5.11 Å². The van der Waals surface area contributed by atoms with Crippen LogP contribution in [0.5, 0.6) is 0 Å². The van der Waals surface area contributed by atoms with Crippen LogP contribution in [-0.4, -0.2) is 26.2 Å². The molecule has 2 aromatic heterocycles. The number of fused-ring (bicyclic) bond motifs is 1. The molecule has 74 valence electrons. The summed E-state index contributed by atoms with van der Waals surface area (Å²) in [6.07, 6.45) is 1.12. The maximum absolute atomic E-state index is 9.63. The molecular weight excluding hydrogens is 180 g/mol. The van der Waals surface area contributed by atoms with Crippen molar-refractivity contribution in [1.29, 1.82) is 0 Å². The van der Waals surface area contributed by atoms with Crippen molar-refractivity contribution >= 4 is 5.65 Å². The predicted octanol–water partition coefficient (Wildman–Crippen LogP) is 0.0298. The van der Waals surface area contributed by atoms with Crippen LogP contribution in [0.25, 0.3) is 5.65 Å². The zero-order chi connectivity index (χ0) is 10.1. The van der Waals surface area contributed by atoms with Crippen LogP contribution in [0.1, 0.15) is 17.5 Å². The van der Waals surface area contributed by atoms with E-state index in [1.807, 2.05) is 13.0 Å². The van der Waals surface area contributed by atoms with E-state index in [1.54, 1.807) is 16.8 Å². The Morgan fingerprint density at radius 2 is 2.43 bits per heavy atom. The van der Waals surface area contributed by atoms with E-state index in [9.17, 15) is 5.11 Å². The van der Waals surface area contributed by atoms with E-state index in [0.717, 1.165) is 5.56 Å². The van der Waals surface area contributed by atoms with Gasteiger partial charge in [0.05, 0.1) is 6.10 Å². The maximum Gasteiger partial charge on any atom is 0.161 e. The van der Waals surface area contributed by atoms with Gasteiger partial charge < -0.3 is 10.8 Å². The fourth-order valence-electron chi connectivity index (χ4n) is 1.42. The summed E-state index contributed by atoms with van der Waals surface area (Å²) in [5.74, 6) is 0.682. The first-order chi connectivity index (χ1) is 6.72. The first kappa shape index (κ1) is 9.11. The van der Waals surface area contributed by atoms with Gasteiger partial charge in [-0.1, -0.05) is 6.07 Å². The van der Waals surface area contributed by atoms with Crippen molar-refractivity contribution in [1.82, 2.24) is 14.6 Å². The lowest BCUT2D eigenvalue weighted by atomic mass is 10.1. The van der Waals surface area contributed by atoms with E-state index in [1.165, 1.54) is 0 Å². The van der Waals surface area contributed by atoms with Crippen molar-refractivity contribution in [3.63, 3.8) is 0 Å². The Hall–Kier alpha value is -1.46. The van der Waals surface area contributed by atoms with Gasteiger partial charge in [0.25, 0.3) is 0 Å². The molecule has 5 heteroatoms. The molecule has 1 unspecified atom stereocenters. The third-order valence-corrected chi connectivity index (χ3v) is 2.08. The molecule has 14 heavy (non-hydrogen) atoms. The molecule has 1 atom stereocenters. The van der Waals surface area contributed by atoms with Crippen LogP contribution in [0.4, 0.5) is 0 Å². The van der Waals surface area contributed by atoms with E-state index in [4.69, 9.17) is 5.73 Å². The number of rotatable bonds is 2. The van der Waals surface area contributed by atoms with Gasteiger partial charge >= 0.3 is 0 Å². The van der Waals surface area contributed by atoms with Gasteiger partial charge in [-0.3, -0.25) is 0 Å². The molecule has 0 aliphatic heterocycles. The Labute approximate surface area is 81.2 Å². The number of nitrogens with two attached hydrogens (primary N) is 1. The van der Waals surface area contributed by atoms with E-state index in [2.05, 4.69) is 10.1 Å². The van der Waals surface area contributed by atoms with Crippen molar-refractivity contribution in [2.24, 2.45) is 5.73 Å². The fourth-order valence-corrected chi connectivity index (χ4v) is 1.42. The molecule has 0 spiro atoms. The number of aliphatic hydroxyl groups is 1. The summed E-state index contributed by atoms with van der Waals surface area (Å²) in [7, 11) is 0. The van der Waals surface area contributed by atoms with E-state index >= 15 is 0 Å². The van der Waals surface area contributed by atoms with Gasteiger partial charge in [-0.15, -0.1) is 0 Å². The quantitative estimate of drug-likeness (QED) is 0.703. The molecule has 3 N–H and O–H groups in total. The number of aliphatic hydroxyl groups excluding tert-OH is 1. The molecule has 0 aromatic carbocycles. The minimum Gasteiger partial charge on any atom is -0.387 e. The molecule has 5 nitrogen and oxygen atoms in total. The van der Waals surface area contributed by atoms with Crippen LogP contribution < -0.4 is 5.73 Å². The second-order valence-electron chi connectivity index (χ2n) is 3.14. The summed E-state index contributed by atoms with van der Waals surface area (Å²) >= 11 is 0. The molecule has 0 aliphatic carbocycles. The van der Waals surface area contributed by atoms with Crippen LogP contribution in [0.3, 0.4) is 0 Å². The van der Waals surface area contributed by atoms with Gasteiger partial charge in [0, 0.05) is 18.3 Å². The number of hydrogen-bond acceptors (Lipinski definition) is 4. The van der Waals surface area contributed by atoms with Gasteiger partial charge in [-0.2, -0.15) is 5.10 Å². The lowest BCUT2D eigenvalue weighted by Crippen LogP contribution is -2.12. The summed E-state index contributed by atoms with van der Waals surface area (Å²) in [6.45, 7) is 2.00.